The first-order valence-corrected chi connectivity index (χ1v) is 9.71. The third-order valence-corrected chi connectivity index (χ3v) is 7.08. The van der Waals surface area contributed by atoms with E-state index < -0.39 is 10.0 Å². The molecule has 1 aromatic heterocycles. The molecule has 0 radical (unpaired) electrons. The van der Waals surface area contributed by atoms with Gasteiger partial charge in [0.15, 0.2) is 0 Å². The number of hydrogen-bond acceptors (Lipinski definition) is 5. The molecule has 0 amide bonds. The molecular formula is C14H24N2O3S2. The second-order valence-electron chi connectivity index (χ2n) is 5.29. The Morgan fingerprint density at radius 1 is 1.43 bits per heavy atom. The first-order valence-electron chi connectivity index (χ1n) is 7.39. The van der Waals surface area contributed by atoms with Crippen molar-refractivity contribution in [1.82, 2.24) is 9.62 Å². The summed E-state index contributed by atoms with van der Waals surface area (Å²) in [5, 5.41) is 5.22. The molecule has 1 aliphatic heterocycles. The number of nitrogens with zero attached hydrogens (tertiary/aromatic N) is 1. The maximum absolute atomic E-state index is 12.6. The third-order valence-electron chi connectivity index (χ3n) is 3.71. The Labute approximate surface area is 131 Å². The lowest BCUT2D eigenvalue weighted by atomic mass is 10.1. The Morgan fingerprint density at radius 2 is 2.14 bits per heavy atom. The van der Waals surface area contributed by atoms with Crippen molar-refractivity contribution in [3.8, 4) is 0 Å². The summed E-state index contributed by atoms with van der Waals surface area (Å²) in [5.74, 6) is 0. The van der Waals surface area contributed by atoms with Crippen LogP contribution in [-0.4, -0.2) is 45.6 Å². The van der Waals surface area contributed by atoms with Gasteiger partial charge in [0.25, 0.3) is 10.0 Å². The number of hydrogen-bond donors (Lipinski definition) is 1. The van der Waals surface area contributed by atoms with Gasteiger partial charge in [0.05, 0.1) is 6.10 Å². The smallest absolute Gasteiger partial charge is 0.252 e. The Balaban J connectivity index is 1.99. The zero-order valence-corrected chi connectivity index (χ0v) is 14.3. The number of sulfonamides is 1. The van der Waals surface area contributed by atoms with E-state index in [0.717, 1.165) is 37.9 Å². The Morgan fingerprint density at radius 3 is 2.76 bits per heavy atom. The molecule has 5 nitrogen and oxygen atoms in total. The molecule has 7 heteroatoms. The average molecular weight is 332 g/mol. The molecule has 0 saturated carbocycles. The van der Waals surface area contributed by atoms with Crippen LogP contribution in [0.3, 0.4) is 0 Å². The standard InChI is InChI=1S/C14H24N2O3S2/c1-3-6-15-10-12-9-14(20-11-12)21(17,18)16-7-4-13(19-2)5-8-16/h9,11,13,15H,3-8,10H2,1-2H3. The largest absolute Gasteiger partial charge is 0.381 e. The molecule has 0 atom stereocenters. The van der Waals surface area contributed by atoms with Crippen LogP contribution in [-0.2, 0) is 21.3 Å². The lowest BCUT2D eigenvalue weighted by Crippen LogP contribution is -2.40. The van der Waals surface area contributed by atoms with Crippen LogP contribution in [0.15, 0.2) is 15.7 Å². The minimum Gasteiger partial charge on any atom is -0.381 e. The fourth-order valence-corrected chi connectivity index (χ4v) is 5.26. The zero-order chi connectivity index (χ0) is 15.3. The van der Waals surface area contributed by atoms with Gasteiger partial charge < -0.3 is 10.1 Å². The molecule has 0 aliphatic carbocycles. The van der Waals surface area contributed by atoms with Gasteiger partial charge in [-0.2, -0.15) is 4.31 Å². The number of methoxy groups -OCH3 is 1. The van der Waals surface area contributed by atoms with Crippen molar-refractivity contribution in [3.63, 3.8) is 0 Å². The summed E-state index contributed by atoms with van der Waals surface area (Å²) in [6.45, 7) is 4.87. The molecule has 2 rings (SSSR count). The molecular weight excluding hydrogens is 308 g/mol. The van der Waals surface area contributed by atoms with Crippen molar-refractivity contribution in [1.29, 1.82) is 0 Å². The van der Waals surface area contributed by atoms with E-state index >= 15 is 0 Å². The topological polar surface area (TPSA) is 58.6 Å². The summed E-state index contributed by atoms with van der Waals surface area (Å²) in [5.41, 5.74) is 1.04. The summed E-state index contributed by atoms with van der Waals surface area (Å²) >= 11 is 1.31. The highest BCUT2D eigenvalue weighted by Crippen LogP contribution is 2.26. The SMILES string of the molecule is CCCNCc1csc(S(=O)(=O)N2CCC(OC)CC2)c1. The molecule has 1 aliphatic rings. The highest BCUT2D eigenvalue weighted by molar-refractivity contribution is 7.91. The number of piperidine rings is 1. The molecule has 0 bridgehead atoms. The highest BCUT2D eigenvalue weighted by Gasteiger charge is 2.30. The van der Waals surface area contributed by atoms with Gasteiger partial charge in [0.1, 0.15) is 4.21 Å². The average Bonchev–Trinajstić information content (AvgIpc) is 2.97. The normalized spacial score (nSPS) is 18.2. The molecule has 120 valence electrons. The second kappa shape index (κ2) is 7.69. The predicted octanol–water partition coefficient (Wildman–Crippen LogP) is 2.05. The minimum atomic E-state index is -3.33. The van der Waals surface area contributed by atoms with E-state index in [1.54, 1.807) is 17.5 Å². The van der Waals surface area contributed by atoms with Crippen molar-refractivity contribution >= 4 is 21.4 Å². The van der Waals surface area contributed by atoms with Crippen LogP contribution in [0, 0.1) is 0 Å². The molecule has 1 N–H and O–H groups in total. The number of rotatable bonds is 7. The Kier molecular flexibility index (Phi) is 6.19. The van der Waals surface area contributed by atoms with Gasteiger partial charge in [-0.05, 0) is 42.8 Å². The predicted molar refractivity (Wildman–Crippen MR) is 85.1 cm³/mol. The number of thiophene rings is 1. The van der Waals surface area contributed by atoms with E-state index in [4.69, 9.17) is 4.74 Å². The second-order valence-corrected chi connectivity index (χ2v) is 8.37. The van der Waals surface area contributed by atoms with E-state index in [0.29, 0.717) is 17.3 Å². The molecule has 1 fully saturated rings. The molecule has 0 unspecified atom stereocenters. The third kappa shape index (κ3) is 4.26. The van der Waals surface area contributed by atoms with Crippen LogP contribution in [0.1, 0.15) is 31.7 Å². The van der Waals surface area contributed by atoms with Crippen molar-refractivity contribution < 1.29 is 13.2 Å². The molecule has 1 aromatic rings. The first kappa shape index (κ1) is 16.9. The fourth-order valence-electron chi connectivity index (χ4n) is 2.43. The van der Waals surface area contributed by atoms with Gasteiger partial charge in [-0.3, -0.25) is 0 Å². The van der Waals surface area contributed by atoms with E-state index in [9.17, 15) is 8.42 Å². The van der Waals surface area contributed by atoms with Crippen molar-refractivity contribution in [2.45, 2.75) is 43.0 Å². The van der Waals surface area contributed by atoms with Crippen molar-refractivity contribution in [2.24, 2.45) is 0 Å². The van der Waals surface area contributed by atoms with Crippen LogP contribution in [0.25, 0.3) is 0 Å². The highest BCUT2D eigenvalue weighted by atomic mass is 32.2. The van der Waals surface area contributed by atoms with E-state index in [2.05, 4.69) is 12.2 Å². The lowest BCUT2D eigenvalue weighted by Gasteiger charge is -2.29. The van der Waals surface area contributed by atoms with Gasteiger partial charge in [-0.15, -0.1) is 11.3 Å². The fraction of sp³-hybridized carbons (Fsp3) is 0.714. The minimum absolute atomic E-state index is 0.189. The Hall–Kier alpha value is -0.470. The zero-order valence-electron chi connectivity index (χ0n) is 12.7. The summed E-state index contributed by atoms with van der Waals surface area (Å²) < 4.78 is 32.5. The first-order chi connectivity index (χ1) is 10.1. The van der Waals surface area contributed by atoms with Crippen LogP contribution >= 0.6 is 11.3 Å². The quantitative estimate of drug-likeness (QED) is 0.777. The van der Waals surface area contributed by atoms with Gasteiger partial charge in [0, 0.05) is 26.7 Å². The number of nitrogens with one attached hydrogen (secondary N) is 1. The lowest BCUT2D eigenvalue weighted by molar-refractivity contribution is 0.0605. The molecule has 21 heavy (non-hydrogen) atoms. The van der Waals surface area contributed by atoms with Crippen LogP contribution < -0.4 is 5.32 Å². The number of ether oxygens (including phenoxy) is 1. The van der Waals surface area contributed by atoms with E-state index in [1.165, 1.54) is 11.3 Å². The summed E-state index contributed by atoms with van der Waals surface area (Å²) in [6.07, 6.45) is 2.80. The maximum atomic E-state index is 12.6. The molecule has 2 heterocycles. The van der Waals surface area contributed by atoms with Gasteiger partial charge >= 0.3 is 0 Å². The Bertz CT molecular complexity index is 534. The van der Waals surface area contributed by atoms with E-state index in [1.807, 2.05) is 5.38 Å². The monoisotopic (exact) mass is 332 g/mol. The molecule has 1 saturated heterocycles. The van der Waals surface area contributed by atoms with Crippen molar-refractivity contribution in [3.05, 3.63) is 17.0 Å². The van der Waals surface area contributed by atoms with Crippen molar-refractivity contribution in [2.75, 3.05) is 26.7 Å². The van der Waals surface area contributed by atoms with Gasteiger partial charge in [-0.25, -0.2) is 8.42 Å². The summed E-state index contributed by atoms with van der Waals surface area (Å²) in [4.78, 5) is 0. The molecule has 0 spiro atoms. The van der Waals surface area contributed by atoms with Gasteiger partial charge in [-0.1, -0.05) is 6.92 Å². The summed E-state index contributed by atoms with van der Waals surface area (Å²) in [7, 11) is -1.65. The van der Waals surface area contributed by atoms with Crippen LogP contribution in [0.5, 0.6) is 0 Å². The molecule has 0 aromatic carbocycles. The van der Waals surface area contributed by atoms with Gasteiger partial charge in [0.2, 0.25) is 0 Å². The van der Waals surface area contributed by atoms with Crippen LogP contribution in [0.4, 0.5) is 0 Å². The van der Waals surface area contributed by atoms with Crippen LogP contribution in [0.2, 0.25) is 0 Å². The maximum Gasteiger partial charge on any atom is 0.252 e. The van der Waals surface area contributed by atoms with E-state index in [-0.39, 0.29) is 6.10 Å². The summed E-state index contributed by atoms with van der Waals surface area (Å²) in [6, 6.07) is 1.80.